The molecule has 0 aromatic carbocycles. The molecule has 0 N–H and O–H groups in total. The molecule has 0 aromatic rings. The fraction of sp³-hybridized carbons (Fsp3) is 0.714. The van der Waals surface area contributed by atoms with Crippen molar-refractivity contribution in [3.8, 4) is 0 Å². The van der Waals surface area contributed by atoms with Crippen LogP contribution in [0.3, 0.4) is 0 Å². The van der Waals surface area contributed by atoms with Gasteiger partial charge in [-0.3, -0.25) is 0 Å². The molecule has 9 heavy (non-hydrogen) atoms. The largest absolute Gasteiger partial charge is 2.00 e. The van der Waals surface area contributed by atoms with Crippen molar-refractivity contribution in [3.05, 3.63) is 11.8 Å². The van der Waals surface area contributed by atoms with Gasteiger partial charge in [-0.15, -0.1) is 0 Å². The van der Waals surface area contributed by atoms with Gasteiger partial charge in [0.15, 0.2) is 0 Å². The van der Waals surface area contributed by atoms with Crippen molar-refractivity contribution in [1.29, 1.82) is 0 Å². The molecule has 1 saturated carbocycles. The molecule has 0 spiro atoms. The molecular weight excluding hydrogens is 229 g/mol. The van der Waals surface area contributed by atoms with Gasteiger partial charge in [0.1, 0.15) is 0 Å². The second-order valence-corrected chi connectivity index (χ2v) is 3.34. The summed E-state index contributed by atoms with van der Waals surface area (Å²) < 4.78 is 0. The summed E-state index contributed by atoms with van der Waals surface area (Å²) in [6.07, 6.45) is 5.02. The normalized spacial score (nSPS) is 17.7. The van der Waals surface area contributed by atoms with Gasteiger partial charge >= 0.3 is 19.5 Å². The van der Waals surface area contributed by atoms with Crippen LogP contribution in [0.1, 0.15) is 25.7 Å². The van der Waals surface area contributed by atoms with E-state index >= 15 is 0 Å². The predicted octanol–water partition coefficient (Wildman–Crippen LogP) is 2.94. The van der Waals surface area contributed by atoms with Crippen molar-refractivity contribution >= 4 is 15.9 Å². The summed E-state index contributed by atoms with van der Waals surface area (Å²) in [6, 6.07) is 0. The van der Waals surface area contributed by atoms with Gasteiger partial charge in [-0.05, 0) is 0 Å². The second kappa shape index (κ2) is 4.85. The van der Waals surface area contributed by atoms with Crippen LogP contribution in [0.5, 0.6) is 0 Å². The molecule has 0 aliphatic heterocycles. The summed E-state index contributed by atoms with van der Waals surface area (Å²) in [5.41, 5.74) is 0. The van der Waals surface area contributed by atoms with Crippen LogP contribution in [0.4, 0.5) is 0 Å². The third-order valence-electron chi connectivity index (χ3n) is 1.44. The molecule has 0 atom stereocenters. The van der Waals surface area contributed by atoms with Crippen LogP contribution in [-0.2, 0) is 19.5 Å². The quantitative estimate of drug-likeness (QED) is 0.525. The molecule has 0 heterocycles. The fourth-order valence-electron chi connectivity index (χ4n) is 0.770. The van der Waals surface area contributed by atoms with E-state index in [1.165, 1.54) is 24.1 Å². The molecule has 0 nitrogen and oxygen atoms in total. The average Bonchev–Trinajstić information content (AvgIpc) is 2.45. The van der Waals surface area contributed by atoms with Crippen molar-refractivity contribution in [2.24, 2.45) is 5.92 Å². The number of hydrogen-bond donors (Lipinski definition) is 0. The van der Waals surface area contributed by atoms with E-state index in [4.69, 9.17) is 0 Å². The molecule has 0 aromatic heterocycles. The third-order valence-corrected chi connectivity index (χ3v) is 2.48. The van der Waals surface area contributed by atoms with E-state index in [0.29, 0.717) is 0 Å². The van der Waals surface area contributed by atoms with Crippen molar-refractivity contribution in [2.75, 3.05) is 0 Å². The molecule has 0 radical (unpaired) electrons. The van der Waals surface area contributed by atoms with E-state index in [0.717, 1.165) is 12.3 Å². The van der Waals surface area contributed by atoms with Gasteiger partial charge in [0, 0.05) is 0 Å². The van der Waals surface area contributed by atoms with E-state index in [1.807, 2.05) is 0 Å². The van der Waals surface area contributed by atoms with Gasteiger partial charge in [-0.1, -0.05) is 12.8 Å². The Morgan fingerprint density at radius 1 is 1.56 bits per heavy atom. The van der Waals surface area contributed by atoms with Crippen molar-refractivity contribution in [2.45, 2.75) is 25.7 Å². The topological polar surface area (TPSA) is 0 Å². The molecule has 0 unspecified atom stereocenters. The first-order valence-electron chi connectivity index (χ1n) is 3.15. The standard InChI is InChI=1S/C7H11Br.Zn/c1-2-3-7(8)6-4-5-6;/h6H,1-5H2;/q-2;+2. The van der Waals surface area contributed by atoms with Crippen molar-refractivity contribution in [3.63, 3.8) is 0 Å². The molecule has 2 heteroatoms. The SMILES string of the molecule is [CH2-]CC[C-](Br)C1CC1.[Zn+2]. The monoisotopic (exact) mass is 238 g/mol. The minimum atomic E-state index is 0. The average molecular weight is 240 g/mol. The molecule has 0 amide bonds. The van der Waals surface area contributed by atoms with Crippen LogP contribution in [0.25, 0.3) is 0 Å². The maximum atomic E-state index is 3.78. The van der Waals surface area contributed by atoms with Gasteiger partial charge in [0.25, 0.3) is 0 Å². The Balaban J connectivity index is 0.000000640. The Bertz CT molecular complexity index is 71.3. The first-order valence-corrected chi connectivity index (χ1v) is 3.94. The van der Waals surface area contributed by atoms with Crippen LogP contribution in [0, 0.1) is 17.7 Å². The maximum absolute atomic E-state index is 3.78. The summed E-state index contributed by atoms with van der Waals surface area (Å²) in [4.78, 5) is 1.49. The molecule has 1 fully saturated rings. The van der Waals surface area contributed by atoms with E-state index in [-0.39, 0.29) is 19.5 Å². The smallest absolute Gasteiger partial charge is 0.346 e. The Labute approximate surface area is 78.7 Å². The van der Waals surface area contributed by atoms with Gasteiger partial charge in [-0.2, -0.15) is 12.3 Å². The zero-order chi connectivity index (χ0) is 5.98. The molecular formula is C7H11BrZn. The van der Waals surface area contributed by atoms with Crippen LogP contribution >= 0.6 is 15.9 Å². The fourth-order valence-corrected chi connectivity index (χ4v) is 1.51. The molecule has 0 saturated heterocycles. The molecule has 1 rings (SSSR count). The third kappa shape index (κ3) is 3.73. The molecule has 0 bridgehead atoms. The summed E-state index contributed by atoms with van der Waals surface area (Å²) in [6.45, 7) is 3.78. The zero-order valence-electron chi connectivity index (χ0n) is 5.70. The Morgan fingerprint density at radius 3 is 2.44 bits per heavy atom. The zero-order valence-corrected chi connectivity index (χ0v) is 10.3. The summed E-state index contributed by atoms with van der Waals surface area (Å²) >= 11 is 3.54. The van der Waals surface area contributed by atoms with E-state index in [1.54, 1.807) is 0 Å². The Hall–Kier alpha value is 1.10. The summed E-state index contributed by atoms with van der Waals surface area (Å²) in [7, 11) is 0. The van der Waals surface area contributed by atoms with E-state index in [9.17, 15) is 0 Å². The molecule has 1 aliphatic rings. The Morgan fingerprint density at radius 2 is 2.11 bits per heavy atom. The number of halogens is 1. The Kier molecular flexibility index (Phi) is 5.44. The van der Waals surface area contributed by atoms with Crippen molar-refractivity contribution < 1.29 is 19.5 Å². The number of hydrogen-bond acceptors (Lipinski definition) is 0. The van der Waals surface area contributed by atoms with Gasteiger partial charge in [0.2, 0.25) is 0 Å². The van der Waals surface area contributed by atoms with E-state index in [2.05, 4.69) is 22.9 Å². The van der Waals surface area contributed by atoms with Crippen LogP contribution in [0.2, 0.25) is 0 Å². The van der Waals surface area contributed by atoms with Crippen LogP contribution in [0.15, 0.2) is 0 Å². The van der Waals surface area contributed by atoms with E-state index < -0.39 is 0 Å². The maximum Gasteiger partial charge on any atom is 2.00 e. The van der Waals surface area contributed by atoms with Gasteiger partial charge < -0.3 is 22.9 Å². The summed E-state index contributed by atoms with van der Waals surface area (Å²) in [5, 5.41) is 0. The first kappa shape index (κ1) is 10.1. The number of rotatable bonds is 3. The van der Waals surface area contributed by atoms with Gasteiger partial charge in [-0.25, -0.2) is 11.2 Å². The van der Waals surface area contributed by atoms with Crippen LogP contribution in [-0.4, -0.2) is 0 Å². The van der Waals surface area contributed by atoms with Crippen LogP contribution < -0.4 is 0 Å². The van der Waals surface area contributed by atoms with Crippen molar-refractivity contribution in [1.82, 2.24) is 0 Å². The molecule has 48 valence electrons. The predicted molar refractivity (Wildman–Crippen MR) is 39.5 cm³/mol. The summed E-state index contributed by atoms with van der Waals surface area (Å²) in [5.74, 6) is 0.914. The molecule has 1 aliphatic carbocycles. The van der Waals surface area contributed by atoms with Gasteiger partial charge in [0.05, 0.1) is 0 Å². The minimum absolute atomic E-state index is 0. The first-order chi connectivity index (χ1) is 3.84. The second-order valence-electron chi connectivity index (χ2n) is 2.32. The minimum Gasteiger partial charge on any atom is -0.346 e.